The third kappa shape index (κ3) is 3.78. The zero-order valence-electron chi connectivity index (χ0n) is 17.2. The Morgan fingerprint density at radius 3 is 2.47 bits per heavy atom. The van der Waals surface area contributed by atoms with Crippen molar-refractivity contribution in [2.45, 2.75) is 13.0 Å². The Kier molecular flexibility index (Phi) is 5.50. The maximum atomic E-state index is 13.1. The minimum Gasteiger partial charge on any atom is -0.336 e. The van der Waals surface area contributed by atoms with Gasteiger partial charge in [-0.15, -0.1) is 0 Å². The Hall–Kier alpha value is -3.26. The SMILES string of the molecule is Cn1c(=O)c2ccc(C(=O)N3CCCN(Cc4ccccc4)CC3)nc2n(C)c1=O. The van der Waals surface area contributed by atoms with E-state index in [2.05, 4.69) is 22.0 Å². The lowest BCUT2D eigenvalue weighted by molar-refractivity contribution is 0.0755. The molecule has 1 aliphatic heterocycles. The Balaban J connectivity index is 1.54. The monoisotopic (exact) mass is 407 g/mol. The van der Waals surface area contributed by atoms with Gasteiger partial charge in [-0.05, 0) is 24.1 Å². The molecule has 156 valence electrons. The van der Waals surface area contributed by atoms with Crippen molar-refractivity contribution in [1.82, 2.24) is 23.9 Å². The number of fused-ring (bicyclic) bond motifs is 1. The molecule has 0 N–H and O–H groups in total. The average Bonchev–Trinajstić information content (AvgIpc) is 3.01. The lowest BCUT2D eigenvalue weighted by Gasteiger charge is -2.22. The first kappa shape index (κ1) is 20.0. The highest BCUT2D eigenvalue weighted by Crippen LogP contribution is 2.13. The Labute approximate surface area is 174 Å². The summed E-state index contributed by atoms with van der Waals surface area (Å²) in [4.78, 5) is 46.1. The molecule has 1 amide bonds. The van der Waals surface area contributed by atoms with Gasteiger partial charge in [0.25, 0.3) is 11.5 Å². The molecular weight excluding hydrogens is 382 g/mol. The van der Waals surface area contributed by atoms with Crippen LogP contribution >= 0.6 is 0 Å². The number of rotatable bonds is 3. The van der Waals surface area contributed by atoms with Gasteiger partial charge in [-0.1, -0.05) is 30.3 Å². The molecule has 0 unspecified atom stereocenters. The van der Waals surface area contributed by atoms with E-state index in [-0.39, 0.29) is 17.2 Å². The van der Waals surface area contributed by atoms with E-state index in [0.29, 0.717) is 18.5 Å². The van der Waals surface area contributed by atoms with Crippen LogP contribution in [0.4, 0.5) is 0 Å². The molecule has 8 heteroatoms. The Morgan fingerprint density at radius 2 is 1.70 bits per heavy atom. The molecular formula is C22H25N5O3. The van der Waals surface area contributed by atoms with Crippen molar-refractivity contribution < 1.29 is 4.79 Å². The lowest BCUT2D eigenvalue weighted by atomic mass is 10.2. The van der Waals surface area contributed by atoms with Crippen LogP contribution in [0.25, 0.3) is 11.0 Å². The van der Waals surface area contributed by atoms with Gasteiger partial charge in [0, 0.05) is 46.8 Å². The third-order valence-corrected chi connectivity index (χ3v) is 5.65. The van der Waals surface area contributed by atoms with E-state index in [1.165, 1.54) is 17.2 Å². The van der Waals surface area contributed by atoms with Crippen LogP contribution in [0.3, 0.4) is 0 Å². The highest BCUT2D eigenvalue weighted by Gasteiger charge is 2.22. The number of amides is 1. The molecule has 0 atom stereocenters. The first-order chi connectivity index (χ1) is 14.5. The number of pyridine rings is 1. The first-order valence-corrected chi connectivity index (χ1v) is 10.1. The smallest absolute Gasteiger partial charge is 0.332 e. The van der Waals surface area contributed by atoms with E-state index < -0.39 is 11.2 Å². The van der Waals surface area contributed by atoms with Crippen molar-refractivity contribution in [1.29, 1.82) is 0 Å². The molecule has 1 fully saturated rings. The molecule has 0 bridgehead atoms. The maximum Gasteiger partial charge on any atom is 0.332 e. The average molecular weight is 407 g/mol. The molecule has 0 saturated carbocycles. The number of hydrogen-bond acceptors (Lipinski definition) is 5. The molecule has 0 spiro atoms. The third-order valence-electron chi connectivity index (χ3n) is 5.65. The van der Waals surface area contributed by atoms with E-state index in [4.69, 9.17) is 0 Å². The van der Waals surface area contributed by atoms with Crippen molar-refractivity contribution >= 4 is 16.9 Å². The highest BCUT2D eigenvalue weighted by molar-refractivity contribution is 5.94. The fourth-order valence-corrected chi connectivity index (χ4v) is 3.91. The molecule has 8 nitrogen and oxygen atoms in total. The standard InChI is InChI=1S/C22H25N5O3/c1-24-19-17(20(28)25(2)22(24)30)9-10-18(23-19)21(29)27-12-6-11-26(13-14-27)15-16-7-4-3-5-8-16/h3-5,7-10H,6,11-15H2,1-2H3. The zero-order valence-corrected chi connectivity index (χ0v) is 17.2. The predicted molar refractivity (Wildman–Crippen MR) is 114 cm³/mol. The lowest BCUT2D eigenvalue weighted by Crippen LogP contribution is -2.38. The van der Waals surface area contributed by atoms with Crippen molar-refractivity contribution in [3.8, 4) is 0 Å². The fourth-order valence-electron chi connectivity index (χ4n) is 3.91. The number of nitrogens with zero attached hydrogens (tertiary/aromatic N) is 5. The maximum absolute atomic E-state index is 13.1. The summed E-state index contributed by atoms with van der Waals surface area (Å²) in [7, 11) is 2.99. The number of benzene rings is 1. The van der Waals surface area contributed by atoms with Crippen LogP contribution in [0, 0.1) is 0 Å². The van der Waals surface area contributed by atoms with E-state index in [9.17, 15) is 14.4 Å². The molecule has 1 saturated heterocycles. The van der Waals surface area contributed by atoms with Crippen LogP contribution in [-0.4, -0.2) is 56.0 Å². The van der Waals surface area contributed by atoms with Gasteiger partial charge in [0.15, 0.2) is 0 Å². The highest BCUT2D eigenvalue weighted by atomic mass is 16.2. The number of aryl methyl sites for hydroxylation is 1. The largest absolute Gasteiger partial charge is 0.336 e. The molecule has 4 rings (SSSR count). The van der Waals surface area contributed by atoms with E-state index in [1.54, 1.807) is 24.1 Å². The van der Waals surface area contributed by atoms with Crippen molar-refractivity contribution in [3.05, 3.63) is 74.6 Å². The van der Waals surface area contributed by atoms with E-state index >= 15 is 0 Å². The van der Waals surface area contributed by atoms with Gasteiger partial charge in [0.05, 0.1) is 5.39 Å². The van der Waals surface area contributed by atoms with Crippen LogP contribution in [0.5, 0.6) is 0 Å². The number of hydrogen-bond donors (Lipinski definition) is 0. The summed E-state index contributed by atoms with van der Waals surface area (Å²) in [5, 5.41) is 0.320. The number of carbonyl (C=O) groups is 1. The summed E-state index contributed by atoms with van der Waals surface area (Å²) in [6.07, 6.45) is 0.880. The minimum atomic E-state index is -0.462. The van der Waals surface area contributed by atoms with Gasteiger partial charge in [0.1, 0.15) is 11.3 Å². The molecule has 3 aromatic rings. The fraction of sp³-hybridized carbons (Fsp3) is 0.364. The van der Waals surface area contributed by atoms with Gasteiger partial charge in [-0.2, -0.15) is 0 Å². The van der Waals surface area contributed by atoms with Gasteiger partial charge in [-0.25, -0.2) is 9.78 Å². The molecule has 1 aliphatic rings. The number of carbonyl (C=O) groups excluding carboxylic acids is 1. The first-order valence-electron chi connectivity index (χ1n) is 10.1. The van der Waals surface area contributed by atoms with Gasteiger partial charge in [-0.3, -0.25) is 23.6 Å². The van der Waals surface area contributed by atoms with Crippen LogP contribution in [0.1, 0.15) is 22.5 Å². The van der Waals surface area contributed by atoms with Crippen LogP contribution < -0.4 is 11.2 Å². The van der Waals surface area contributed by atoms with Crippen molar-refractivity contribution in [2.75, 3.05) is 26.2 Å². The summed E-state index contributed by atoms with van der Waals surface area (Å²) in [5.74, 6) is -0.174. The second-order valence-corrected chi connectivity index (χ2v) is 7.68. The molecule has 2 aromatic heterocycles. The summed E-state index contributed by atoms with van der Waals surface area (Å²) in [6, 6.07) is 13.5. The molecule has 1 aromatic carbocycles. The molecule has 0 radical (unpaired) electrons. The van der Waals surface area contributed by atoms with Crippen LogP contribution in [0.15, 0.2) is 52.1 Å². The Bertz CT molecular complexity index is 1200. The summed E-state index contributed by atoms with van der Waals surface area (Å²) in [6.45, 7) is 3.84. The summed E-state index contributed by atoms with van der Waals surface area (Å²) >= 11 is 0. The van der Waals surface area contributed by atoms with Crippen molar-refractivity contribution in [3.63, 3.8) is 0 Å². The van der Waals surface area contributed by atoms with E-state index in [1.807, 2.05) is 18.2 Å². The predicted octanol–water partition coefficient (Wildman–Crippen LogP) is 0.980. The van der Waals surface area contributed by atoms with Gasteiger partial charge < -0.3 is 4.90 Å². The number of aromatic nitrogens is 3. The summed E-state index contributed by atoms with van der Waals surface area (Å²) in [5.41, 5.74) is 0.870. The van der Waals surface area contributed by atoms with Crippen molar-refractivity contribution in [2.24, 2.45) is 14.1 Å². The molecule has 3 heterocycles. The van der Waals surface area contributed by atoms with Crippen LogP contribution in [0.2, 0.25) is 0 Å². The topological polar surface area (TPSA) is 80.4 Å². The molecule has 30 heavy (non-hydrogen) atoms. The van der Waals surface area contributed by atoms with Crippen LogP contribution in [-0.2, 0) is 20.6 Å². The second kappa shape index (κ2) is 8.23. The van der Waals surface area contributed by atoms with E-state index in [0.717, 1.165) is 30.6 Å². The zero-order chi connectivity index (χ0) is 21.3. The normalized spacial score (nSPS) is 15.3. The minimum absolute atomic E-state index is 0.174. The quantitative estimate of drug-likeness (QED) is 0.647. The Morgan fingerprint density at radius 1 is 0.933 bits per heavy atom. The second-order valence-electron chi connectivity index (χ2n) is 7.68. The molecule has 0 aliphatic carbocycles. The summed E-state index contributed by atoms with van der Waals surface area (Å²) < 4.78 is 2.35. The van der Waals surface area contributed by atoms with Gasteiger partial charge >= 0.3 is 5.69 Å². The van der Waals surface area contributed by atoms with Gasteiger partial charge in [0.2, 0.25) is 0 Å².